The number of benzene rings is 2. The number of hydrogen-bond donors (Lipinski definition) is 2. The number of nitrogens with one attached hydrogen (secondary N) is 2. The normalized spacial score (nSPS) is 10.2. The van der Waals surface area contributed by atoms with Gasteiger partial charge in [-0.2, -0.15) is 0 Å². The third-order valence-corrected chi connectivity index (χ3v) is 4.27. The first kappa shape index (κ1) is 22.1. The highest BCUT2D eigenvalue weighted by molar-refractivity contribution is 5.90. The van der Waals surface area contributed by atoms with Crippen LogP contribution in [0.2, 0.25) is 0 Å². The molecule has 0 aliphatic carbocycles. The molecule has 0 unspecified atom stereocenters. The van der Waals surface area contributed by atoms with Crippen molar-refractivity contribution < 1.29 is 23.8 Å². The first-order chi connectivity index (χ1) is 14.0. The predicted molar refractivity (Wildman–Crippen MR) is 112 cm³/mol. The lowest BCUT2D eigenvalue weighted by Gasteiger charge is -2.14. The second-order valence-corrected chi connectivity index (χ2v) is 6.49. The number of carbonyl (C=O) groups is 2. The van der Waals surface area contributed by atoms with Gasteiger partial charge >= 0.3 is 0 Å². The third kappa shape index (κ3) is 6.41. The molecule has 0 heterocycles. The number of hydrogen-bond acceptors (Lipinski definition) is 5. The summed E-state index contributed by atoms with van der Waals surface area (Å²) in [6, 6.07) is 10.9. The van der Waals surface area contributed by atoms with Crippen LogP contribution in [0.25, 0.3) is 0 Å². The lowest BCUT2D eigenvalue weighted by molar-refractivity contribution is -0.120. The number of amides is 2. The van der Waals surface area contributed by atoms with Crippen molar-refractivity contribution in [2.75, 3.05) is 26.6 Å². The topological polar surface area (TPSA) is 85.9 Å². The molecule has 0 radical (unpaired) electrons. The SMILES string of the molecule is CCCC(=O)Nc1cccc(CNC(=O)Cc2cc(OC)c(OC)c(OC)c2)c1. The average molecular weight is 400 g/mol. The molecule has 2 N–H and O–H groups in total. The molecule has 2 aromatic carbocycles. The zero-order valence-electron chi connectivity index (χ0n) is 17.3. The third-order valence-electron chi connectivity index (χ3n) is 4.27. The first-order valence-corrected chi connectivity index (χ1v) is 9.45. The standard InChI is InChI=1S/C22H28N2O5/c1-5-7-20(25)24-17-9-6-8-15(10-17)14-23-21(26)13-16-11-18(27-2)22(29-4)19(12-16)28-3/h6,8-12H,5,7,13-14H2,1-4H3,(H,23,26)(H,24,25). The van der Waals surface area contributed by atoms with Crippen LogP contribution in [0.4, 0.5) is 5.69 Å². The molecule has 0 atom stereocenters. The number of rotatable bonds is 10. The molecular formula is C22H28N2O5. The van der Waals surface area contributed by atoms with Crippen LogP contribution in [0.5, 0.6) is 17.2 Å². The summed E-state index contributed by atoms with van der Waals surface area (Å²) in [5.74, 6) is 1.34. The Morgan fingerprint density at radius 2 is 1.59 bits per heavy atom. The Hall–Kier alpha value is -3.22. The van der Waals surface area contributed by atoms with Gasteiger partial charge < -0.3 is 24.8 Å². The molecule has 0 aliphatic heterocycles. The van der Waals surface area contributed by atoms with Gasteiger partial charge in [0.05, 0.1) is 27.8 Å². The highest BCUT2D eigenvalue weighted by Crippen LogP contribution is 2.38. The Balaban J connectivity index is 1.99. The summed E-state index contributed by atoms with van der Waals surface area (Å²) >= 11 is 0. The maximum Gasteiger partial charge on any atom is 0.224 e. The molecule has 0 aromatic heterocycles. The van der Waals surface area contributed by atoms with Gasteiger partial charge in [0.1, 0.15) is 0 Å². The van der Waals surface area contributed by atoms with Crippen molar-refractivity contribution in [2.24, 2.45) is 0 Å². The van der Waals surface area contributed by atoms with Crippen LogP contribution in [-0.4, -0.2) is 33.1 Å². The van der Waals surface area contributed by atoms with Gasteiger partial charge in [0.15, 0.2) is 11.5 Å². The zero-order chi connectivity index (χ0) is 21.2. The molecule has 0 fully saturated rings. The molecule has 0 bridgehead atoms. The second-order valence-electron chi connectivity index (χ2n) is 6.49. The van der Waals surface area contributed by atoms with Crippen molar-refractivity contribution in [3.05, 3.63) is 47.5 Å². The lowest BCUT2D eigenvalue weighted by Crippen LogP contribution is -2.24. The van der Waals surface area contributed by atoms with Crippen LogP contribution in [0, 0.1) is 0 Å². The summed E-state index contributed by atoms with van der Waals surface area (Å²) in [7, 11) is 4.60. The molecule has 7 heteroatoms. The molecule has 2 aromatic rings. The molecule has 156 valence electrons. The van der Waals surface area contributed by atoms with Crippen LogP contribution in [-0.2, 0) is 22.6 Å². The van der Waals surface area contributed by atoms with Crippen LogP contribution < -0.4 is 24.8 Å². The van der Waals surface area contributed by atoms with Gasteiger partial charge in [-0.3, -0.25) is 9.59 Å². The monoisotopic (exact) mass is 400 g/mol. The van der Waals surface area contributed by atoms with Crippen molar-refractivity contribution in [3.8, 4) is 17.2 Å². The minimum Gasteiger partial charge on any atom is -0.493 e. The maximum atomic E-state index is 12.4. The minimum absolute atomic E-state index is 0.0175. The summed E-state index contributed by atoms with van der Waals surface area (Å²) < 4.78 is 15.9. The van der Waals surface area contributed by atoms with E-state index in [0.717, 1.165) is 23.2 Å². The minimum atomic E-state index is -0.139. The van der Waals surface area contributed by atoms with E-state index in [-0.39, 0.29) is 18.2 Å². The first-order valence-electron chi connectivity index (χ1n) is 9.45. The summed E-state index contributed by atoms with van der Waals surface area (Å²) in [6.07, 6.45) is 1.45. The second kappa shape index (κ2) is 10.9. The van der Waals surface area contributed by atoms with E-state index in [1.54, 1.807) is 12.1 Å². The van der Waals surface area contributed by atoms with E-state index in [1.165, 1.54) is 21.3 Å². The molecule has 29 heavy (non-hydrogen) atoms. The summed E-state index contributed by atoms with van der Waals surface area (Å²) in [5, 5.41) is 5.75. The quantitative estimate of drug-likeness (QED) is 0.639. The Morgan fingerprint density at radius 1 is 0.897 bits per heavy atom. The highest BCUT2D eigenvalue weighted by Gasteiger charge is 2.15. The van der Waals surface area contributed by atoms with Gasteiger partial charge in [-0.05, 0) is 41.8 Å². The van der Waals surface area contributed by atoms with Crippen LogP contribution in [0.15, 0.2) is 36.4 Å². The summed E-state index contributed by atoms with van der Waals surface area (Å²) in [4.78, 5) is 24.1. The summed E-state index contributed by atoms with van der Waals surface area (Å²) in [6.45, 7) is 2.32. The van der Waals surface area contributed by atoms with E-state index in [9.17, 15) is 9.59 Å². The Morgan fingerprint density at radius 3 is 2.17 bits per heavy atom. The van der Waals surface area contributed by atoms with Crippen LogP contribution in [0.3, 0.4) is 0 Å². The molecule has 0 spiro atoms. The Bertz CT molecular complexity index is 826. The van der Waals surface area contributed by atoms with Gasteiger partial charge in [-0.1, -0.05) is 19.1 Å². The molecule has 2 amide bonds. The van der Waals surface area contributed by atoms with E-state index < -0.39 is 0 Å². The smallest absolute Gasteiger partial charge is 0.224 e. The molecule has 0 aliphatic rings. The molecule has 2 rings (SSSR count). The fraction of sp³-hybridized carbons (Fsp3) is 0.364. The van der Waals surface area contributed by atoms with Crippen LogP contribution in [0.1, 0.15) is 30.9 Å². The number of carbonyl (C=O) groups excluding carboxylic acids is 2. The maximum absolute atomic E-state index is 12.4. The fourth-order valence-corrected chi connectivity index (χ4v) is 2.90. The van der Waals surface area contributed by atoms with Gasteiger partial charge in [-0.15, -0.1) is 0 Å². The predicted octanol–water partition coefficient (Wildman–Crippen LogP) is 3.31. The van der Waals surface area contributed by atoms with Crippen molar-refractivity contribution >= 4 is 17.5 Å². The number of ether oxygens (including phenoxy) is 3. The number of methoxy groups -OCH3 is 3. The van der Waals surface area contributed by atoms with Crippen molar-refractivity contribution in [1.82, 2.24) is 5.32 Å². The zero-order valence-corrected chi connectivity index (χ0v) is 17.3. The van der Waals surface area contributed by atoms with Crippen molar-refractivity contribution in [2.45, 2.75) is 32.7 Å². The Labute approximate surface area is 171 Å². The van der Waals surface area contributed by atoms with E-state index in [2.05, 4.69) is 10.6 Å². The van der Waals surface area contributed by atoms with Gasteiger partial charge in [0, 0.05) is 18.7 Å². The van der Waals surface area contributed by atoms with E-state index in [4.69, 9.17) is 14.2 Å². The van der Waals surface area contributed by atoms with Crippen molar-refractivity contribution in [1.29, 1.82) is 0 Å². The summed E-state index contributed by atoms with van der Waals surface area (Å²) in [5.41, 5.74) is 2.37. The van der Waals surface area contributed by atoms with Gasteiger partial charge in [0.25, 0.3) is 0 Å². The average Bonchev–Trinajstić information content (AvgIpc) is 2.71. The number of anilines is 1. The Kier molecular flexibility index (Phi) is 8.33. The molecule has 7 nitrogen and oxygen atoms in total. The van der Waals surface area contributed by atoms with E-state index in [1.807, 2.05) is 31.2 Å². The largest absolute Gasteiger partial charge is 0.493 e. The highest BCUT2D eigenvalue weighted by atomic mass is 16.5. The molecular weight excluding hydrogens is 372 g/mol. The van der Waals surface area contributed by atoms with E-state index >= 15 is 0 Å². The van der Waals surface area contributed by atoms with Crippen molar-refractivity contribution in [3.63, 3.8) is 0 Å². The van der Waals surface area contributed by atoms with E-state index in [0.29, 0.717) is 30.2 Å². The lowest BCUT2D eigenvalue weighted by atomic mass is 10.1. The fourth-order valence-electron chi connectivity index (χ4n) is 2.90. The van der Waals surface area contributed by atoms with Gasteiger partial charge in [-0.25, -0.2) is 0 Å². The molecule has 0 saturated carbocycles. The molecule has 0 saturated heterocycles. The van der Waals surface area contributed by atoms with Gasteiger partial charge in [0.2, 0.25) is 17.6 Å². The van der Waals surface area contributed by atoms with Crippen LogP contribution >= 0.6 is 0 Å².